The van der Waals surface area contributed by atoms with E-state index >= 15 is 0 Å². The fourth-order valence-corrected chi connectivity index (χ4v) is 2.71. The van der Waals surface area contributed by atoms with Gasteiger partial charge in [0.05, 0.1) is 5.56 Å². The molecule has 1 aliphatic rings. The molecule has 1 N–H and O–H groups in total. The quantitative estimate of drug-likeness (QED) is 0.776. The van der Waals surface area contributed by atoms with Gasteiger partial charge in [0.25, 0.3) is 0 Å². The van der Waals surface area contributed by atoms with Crippen LogP contribution in [0.2, 0.25) is 0 Å². The van der Waals surface area contributed by atoms with Crippen molar-refractivity contribution in [1.82, 2.24) is 5.32 Å². The molecular weight excluding hydrogens is 271 g/mol. The molecule has 0 aliphatic heterocycles. The molecule has 0 radical (unpaired) electrons. The SMILES string of the molecule is CCCSc1ccc(CNC2CC2)cc1C(F)(F)F. The zero-order valence-electron chi connectivity index (χ0n) is 10.9. The van der Waals surface area contributed by atoms with Crippen LogP contribution in [0.15, 0.2) is 23.1 Å². The van der Waals surface area contributed by atoms with Crippen molar-refractivity contribution in [1.29, 1.82) is 0 Å². The Morgan fingerprint density at radius 2 is 2.05 bits per heavy atom. The van der Waals surface area contributed by atoms with Crippen LogP contribution >= 0.6 is 11.8 Å². The summed E-state index contributed by atoms with van der Waals surface area (Å²) in [6.07, 6.45) is -1.13. The largest absolute Gasteiger partial charge is 0.417 e. The number of thioether (sulfide) groups is 1. The van der Waals surface area contributed by atoms with E-state index in [-0.39, 0.29) is 0 Å². The Morgan fingerprint density at radius 3 is 2.63 bits per heavy atom. The number of rotatable bonds is 6. The van der Waals surface area contributed by atoms with E-state index in [0.717, 1.165) is 19.3 Å². The minimum atomic E-state index is -4.27. The summed E-state index contributed by atoms with van der Waals surface area (Å²) < 4.78 is 39.1. The smallest absolute Gasteiger partial charge is 0.310 e. The van der Waals surface area contributed by atoms with Gasteiger partial charge in [-0.15, -0.1) is 11.8 Å². The van der Waals surface area contributed by atoms with Crippen molar-refractivity contribution in [3.63, 3.8) is 0 Å². The van der Waals surface area contributed by atoms with E-state index in [1.807, 2.05) is 6.92 Å². The number of benzene rings is 1. The highest BCUT2D eigenvalue weighted by Crippen LogP contribution is 2.37. The molecule has 0 saturated heterocycles. The van der Waals surface area contributed by atoms with Crippen molar-refractivity contribution >= 4 is 11.8 Å². The zero-order valence-corrected chi connectivity index (χ0v) is 11.7. The molecule has 0 unspecified atom stereocenters. The Hall–Kier alpha value is -0.680. The molecule has 0 spiro atoms. The summed E-state index contributed by atoms with van der Waals surface area (Å²) in [5.74, 6) is 0.711. The Labute approximate surface area is 116 Å². The molecule has 1 nitrogen and oxygen atoms in total. The van der Waals surface area contributed by atoms with Crippen LogP contribution in [0.1, 0.15) is 37.3 Å². The van der Waals surface area contributed by atoms with Crippen molar-refractivity contribution < 1.29 is 13.2 Å². The maximum Gasteiger partial charge on any atom is 0.417 e. The second kappa shape index (κ2) is 6.18. The summed E-state index contributed by atoms with van der Waals surface area (Å²) in [5.41, 5.74) is 0.209. The first-order valence-corrected chi connectivity index (χ1v) is 7.55. The first-order chi connectivity index (χ1) is 9.00. The van der Waals surface area contributed by atoms with E-state index in [1.54, 1.807) is 12.1 Å². The third kappa shape index (κ3) is 4.42. The van der Waals surface area contributed by atoms with E-state index in [1.165, 1.54) is 17.8 Å². The second-order valence-corrected chi connectivity index (χ2v) is 5.97. The average molecular weight is 289 g/mol. The van der Waals surface area contributed by atoms with Crippen LogP contribution in [-0.2, 0) is 12.7 Å². The van der Waals surface area contributed by atoms with Crippen LogP contribution in [-0.4, -0.2) is 11.8 Å². The van der Waals surface area contributed by atoms with Crippen LogP contribution in [0.4, 0.5) is 13.2 Å². The van der Waals surface area contributed by atoms with Gasteiger partial charge in [0.1, 0.15) is 0 Å². The maximum atomic E-state index is 13.0. The minimum Gasteiger partial charge on any atom is -0.310 e. The van der Waals surface area contributed by atoms with Crippen LogP contribution < -0.4 is 5.32 Å². The Kier molecular flexibility index (Phi) is 4.79. The maximum absolute atomic E-state index is 13.0. The third-order valence-corrected chi connectivity index (χ3v) is 4.26. The molecule has 0 atom stereocenters. The molecular formula is C14H18F3NS. The van der Waals surface area contributed by atoms with Gasteiger partial charge in [-0.2, -0.15) is 13.2 Å². The number of hydrogen-bond donors (Lipinski definition) is 1. The molecule has 1 aromatic rings. The predicted octanol–water partition coefficient (Wildman–Crippen LogP) is 4.46. The van der Waals surface area contributed by atoms with Gasteiger partial charge in [-0.1, -0.05) is 13.0 Å². The molecule has 2 rings (SSSR count). The van der Waals surface area contributed by atoms with Gasteiger partial charge < -0.3 is 5.32 Å². The van der Waals surface area contributed by atoms with E-state index in [2.05, 4.69) is 5.32 Å². The highest BCUT2D eigenvalue weighted by molar-refractivity contribution is 7.99. The lowest BCUT2D eigenvalue weighted by molar-refractivity contribution is -0.139. The van der Waals surface area contributed by atoms with Gasteiger partial charge in [-0.05, 0) is 42.7 Å². The Balaban J connectivity index is 2.14. The van der Waals surface area contributed by atoms with Crippen molar-refractivity contribution in [3.8, 4) is 0 Å². The van der Waals surface area contributed by atoms with E-state index in [9.17, 15) is 13.2 Å². The van der Waals surface area contributed by atoms with Crippen LogP contribution in [0.25, 0.3) is 0 Å². The van der Waals surface area contributed by atoms with E-state index < -0.39 is 11.7 Å². The molecule has 19 heavy (non-hydrogen) atoms. The van der Waals surface area contributed by atoms with Crippen LogP contribution in [0.3, 0.4) is 0 Å². The second-order valence-electron chi connectivity index (χ2n) is 4.83. The summed E-state index contributed by atoms with van der Waals surface area (Å²) in [5, 5.41) is 3.24. The zero-order chi connectivity index (χ0) is 13.9. The molecule has 1 aliphatic carbocycles. The van der Waals surface area contributed by atoms with Crippen LogP contribution in [0, 0.1) is 0 Å². The minimum absolute atomic E-state index is 0.338. The molecule has 0 amide bonds. The van der Waals surface area contributed by atoms with E-state index in [4.69, 9.17) is 0 Å². The normalized spacial score (nSPS) is 15.8. The topological polar surface area (TPSA) is 12.0 Å². The predicted molar refractivity (Wildman–Crippen MR) is 72.3 cm³/mol. The Morgan fingerprint density at radius 1 is 1.32 bits per heavy atom. The lowest BCUT2D eigenvalue weighted by atomic mass is 10.1. The number of alkyl halides is 3. The third-order valence-electron chi connectivity index (χ3n) is 2.98. The van der Waals surface area contributed by atoms with Gasteiger partial charge in [0.2, 0.25) is 0 Å². The molecule has 1 aromatic carbocycles. The number of nitrogens with one attached hydrogen (secondary N) is 1. The molecule has 0 bridgehead atoms. The summed E-state index contributed by atoms with van der Waals surface area (Å²) in [6.45, 7) is 2.49. The van der Waals surface area contributed by atoms with Gasteiger partial charge in [0.15, 0.2) is 0 Å². The molecule has 5 heteroatoms. The summed E-state index contributed by atoms with van der Waals surface area (Å²) in [6, 6.07) is 5.19. The summed E-state index contributed by atoms with van der Waals surface area (Å²) in [7, 11) is 0. The highest BCUT2D eigenvalue weighted by atomic mass is 32.2. The molecule has 1 saturated carbocycles. The van der Waals surface area contributed by atoms with Crippen molar-refractivity contribution in [2.24, 2.45) is 0 Å². The lowest BCUT2D eigenvalue weighted by Crippen LogP contribution is -2.16. The lowest BCUT2D eigenvalue weighted by Gasteiger charge is -2.14. The average Bonchev–Trinajstić information content (AvgIpc) is 3.17. The standard InChI is InChI=1S/C14H18F3NS/c1-2-7-19-13-6-3-10(9-18-11-4-5-11)8-12(13)14(15,16)17/h3,6,8,11,18H,2,4-5,7,9H2,1H3. The van der Waals surface area contributed by atoms with Gasteiger partial charge >= 0.3 is 6.18 Å². The van der Waals surface area contributed by atoms with Crippen molar-refractivity contribution in [2.75, 3.05) is 5.75 Å². The fraction of sp³-hybridized carbons (Fsp3) is 0.571. The fourth-order valence-electron chi connectivity index (χ4n) is 1.80. The number of hydrogen-bond acceptors (Lipinski definition) is 2. The van der Waals surface area contributed by atoms with E-state index in [0.29, 0.717) is 28.8 Å². The van der Waals surface area contributed by atoms with Crippen molar-refractivity contribution in [2.45, 2.75) is 49.8 Å². The first kappa shape index (κ1) is 14.7. The molecule has 0 aromatic heterocycles. The van der Waals surface area contributed by atoms with Gasteiger partial charge in [0, 0.05) is 17.5 Å². The Bertz CT molecular complexity index is 427. The monoisotopic (exact) mass is 289 g/mol. The summed E-state index contributed by atoms with van der Waals surface area (Å²) in [4.78, 5) is 0.338. The van der Waals surface area contributed by atoms with Gasteiger partial charge in [-0.25, -0.2) is 0 Å². The van der Waals surface area contributed by atoms with Crippen LogP contribution in [0.5, 0.6) is 0 Å². The molecule has 1 fully saturated rings. The molecule has 106 valence electrons. The van der Waals surface area contributed by atoms with Crippen molar-refractivity contribution in [3.05, 3.63) is 29.3 Å². The molecule has 0 heterocycles. The first-order valence-electron chi connectivity index (χ1n) is 6.57. The highest BCUT2D eigenvalue weighted by Gasteiger charge is 2.33. The van der Waals surface area contributed by atoms with Gasteiger partial charge in [-0.3, -0.25) is 0 Å². The summed E-state index contributed by atoms with van der Waals surface area (Å²) >= 11 is 1.28. The number of halogens is 3.